The number of aliphatic hydroxyl groups is 1. The maximum atomic E-state index is 13.3. The molecule has 1 atom stereocenters. The van der Waals surface area contributed by atoms with E-state index in [0.717, 1.165) is 0 Å². The Kier molecular flexibility index (Phi) is 5.64. The number of aryl methyl sites for hydroxylation is 1. The maximum absolute atomic E-state index is 13.3. The van der Waals surface area contributed by atoms with Crippen LogP contribution in [0.5, 0.6) is 0 Å². The fourth-order valence-electron chi connectivity index (χ4n) is 3.66. The lowest BCUT2D eigenvalue weighted by atomic mass is 10.1. The second kappa shape index (κ2) is 8.79. The lowest BCUT2D eigenvalue weighted by molar-refractivity contribution is 0.0300. The van der Waals surface area contributed by atoms with E-state index >= 15 is 0 Å². The second-order valence-electron chi connectivity index (χ2n) is 8.12. The summed E-state index contributed by atoms with van der Waals surface area (Å²) in [4.78, 5) is 23.2. The topological polar surface area (TPSA) is 158 Å². The van der Waals surface area contributed by atoms with Crippen molar-refractivity contribution < 1.29 is 19.1 Å². The molecule has 0 saturated carbocycles. The van der Waals surface area contributed by atoms with Gasteiger partial charge in [0.2, 0.25) is 17.4 Å². The van der Waals surface area contributed by atoms with Crippen LogP contribution in [-0.4, -0.2) is 72.2 Å². The van der Waals surface area contributed by atoms with Gasteiger partial charge in [-0.25, -0.2) is 9.67 Å². The Labute approximate surface area is 199 Å². The Morgan fingerprint density at radius 1 is 1.23 bits per heavy atom. The largest absolute Gasteiger partial charge is 0.421 e. The Morgan fingerprint density at radius 3 is 2.74 bits per heavy atom. The Hall–Kier alpha value is -4.34. The van der Waals surface area contributed by atoms with E-state index in [2.05, 4.69) is 37.1 Å². The number of nitrogen functional groups attached to an aromatic ring is 1. The highest BCUT2D eigenvalue weighted by molar-refractivity contribution is 6.05. The van der Waals surface area contributed by atoms with Crippen LogP contribution in [0.4, 0.5) is 5.95 Å². The van der Waals surface area contributed by atoms with Gasteiger partial charge in [0, 0.05) is 43.2 Å². The highest BCUT2D eigenvalue weighted by Gasteiger charge is 2.28. The number of aromatic nitrogens is 6. The van der Waals surface area contributed by atoms with Gasteiger partial charge in [0.1, 0.15) is 0 Å². The summed E-state index contributed by atoms with van der Waals surface area (Å²) in [6, 6.07) is 6.93. The summed E-state index contributed by atoms with van der Waals surface area (Å²) >= 11 is 0. The van der Waals surface area contributed by atoms with Crippen molar-refractivity contribution in [3.8, 4) is 17.7 Å². The molecule has 12 nitrogen and oxygen atoms in total. The van der Waals surface area contributed by atoms with E-state index in [1.807, 2.05) is 0 Å². The number of anilines is 1. The monoisotopic (exact) mass is 474 g/mol. The molecule has 1 amide bonds. The molecule has 1 saturated heterocycles. The van der Waals surface area contributed by atoms with Crippen LogP contribution in [0.15, 0.2) is 34.9 Å². The number of carbonyl (C=O) groups is 1. The van der Waals surface area contributed by atoms with Gasteiger partial charge in [0.15, 0.2) is 11.5 Å². The maximum Gasteiger partial charge on any atom is 0.275 e. The van der Waals surface area contributed by atoms with Gasteiger partial charge in [-0.15, -0.1) is 10.2 Å². The van der Waals surface area contributed by atoms with Crippen molar-refractivity contribution in [1.82, 2.24) is 34.8 Å². The molecule has 35 heavy (non-hydrogen) atoms. The van der Waals surface area contributed by atoms with Gasteiger partial charge in [-0.3, -0.25) is 4.79 Å². The van der Waals surface area contributed by atoms with Gasteiger partial charge in [-0.1, -0.05) is 11.8 Å². The van der Waals surface area contributed by atoms with E-state index in [0.29, 0.717) is 54.5 Å². The van der Waals surface area contributed by atoms with Crippen LogP contribution in [0.25, 0.3) is 16.7 Å². The third-order valence-electron chi connectivity index (χ3n) is 5.45. The molecular formula is C23H22N8O4. The first-order chi connectivity index (χ1) is 16.8. The zero-order valence-electron chi connectivity index (χ0n) is 19.1. The quantitative estimate of drug-likeness (QED) is 0.407. The number of hydrogen-bond donors (Lipinski definition) is 2. The summed E-state index contributed by atoms with van der Waals surface area (Å²) in [7, 11) is 0. The van der Waals surface area contributed by atoms with Gasteiger partial charge >= 0.3 is 0 Å². The molecule has 12 heteroatoms. The first-order valence-corrected chi connectivity index (χ1v) is 10.9. The Bertz CT molecular complexity index is 1470. The number of morpholine rings is 1. The molecule has 0 bridgehead atoms. The summed E-state index contributed by atoms with van der Waals surface area (Å²) in [6.45, 7) is 5.03. The van der Waals surface area contributed by atoms with Gasteiger partial charge in [-0.05, 0) is 25.1 Å². The van der Waals surface area contributed by atoms with Crippen molar-refractivity contribution >= 4 is 22.8 Å². The number of nitrogens with two attached hydrogens (primary N) is 1. The molecule has 4 aromatic rings. The molecule has 1 aliphatic rings. The number of rotatable bonds is 3. The molecule has 1 aliphatic heterocycles. The number of benzene rings is 1. The van der Waals surface area contributed by atoms with Crippen molar-refractivity contribution in [2.75, 3.05) is 32.0 Å². The van der Waals surface area contributed by atoms with Crippen LogP contribution in [-0.2, 0) is 10.3 Å². The van der Waals surface area contributed by atoms with Gasteiger partial charge in [0.25, 0.3) is 11.8 Å². The Morgan fingerprint density at radius 2 is 2.03 bits per heavy atom. The van der Waals surface area contributed by atoms with Crippen LogP contribution in [0, 0.1) is 18.8 Å². The smallest absolute Gasteiger partial charge is 0.275 e. The molecule has 0 spiro atoms. The summed E-state index contributed by atoms with van der Waals surface area (Å²) in [6.07, 6.45) is 1.52. The molecule has 0 radical (unpaired) electrons. The average molecular weight is 474 g/mol. The molecule has 3 N–H and O–H groups in total. The minimum atomic E-state index is -1.64. The fraction of sp³-hybridized carbons (Fsp3) is 0.304. The average Bonchev–Trinajstić information content (AvgIpc) is 3.47. The summed E-state index contributed by atoms with van der Waals surface area (Å²) in [5.41, 5.74) is 5.59. The number of amides is 1. The van der Waals surface area contributed by atoms with Crippen LogP contribution < -0.4 is 5.73 Å². The normalized spacial score (nSPS) is 15.5. The summed E-state index contributed by atoms with van der Waals surface area (Å²) in [5, 5.41) is 23.5. The van der Waals surface area contributed by atoms with Crippen molar-refractivity contribution in [1.29, 1.82) is 0 Å². The van der Waals surface area contributed by atoms with Crippen LogP contribution in [0.2, 0.25) is 0 Å². The fourth-order valence-corrected chi connectivity index (χ4v) is 3.66. The number of fused-ring (bicyclic) bond motifs is 1. The third kappa shape index (κ3) is 4.42. The van der Waals surface area contributed by atoms with E-state index in [-0.39, 0.29) is 23.4 Å². The van der Waals surface area contributed by atoms with Crippen molar-refractivity contribution in [3.05, 3.63) is 53.5 Å². The highest BCUT2D eigenvalue weighted by Crippen LogP contribution is 2.25. The number of carbonyl (C=O) groups excluding carboxylic acids is 1. The lowest BCUT2D eigenvalue weighted by Gasteiger charge is -2.26. The molecule has 3 aromatic heterocycles. The predicted molar refractivity (Wildman–Crippen MR) is 123 cm³/mol. The van der Waals surface area contributed by atoms with E-state index in [4.69, 9.17) is 14.9 Å². The molecule has 5 rings (SSSR count). The second-order valence-corrected chi connectivity index (χ2v) is 8.12. The van der Waals surface area contributed by atoms with Crippen LogP contribution >= 0.6 is 0 Å². The molecule has 1 unspecified atom stereocenters. The minimum absolute atomic E-state index is 0.00322. The van der Waals surface area contributed by atoms with E-state index in [9.17, 15) is 9.90 Å². The number of nitrogens with zero attached hydrogens (tertiary/aromatic N) is 7. The highest BCUT2D eigenvalue weighted by atomic mass is 16.5. The van der Waals surface area contributed by atoms with Gasteiger partial charge in [0.05, 0.1) is 18.7 Å². The lowest BCUT2D eigenvalue weighted by Crippen LogP contribution is -2.41. The number of ether oxygens (including phenoxy) is 1. The standard InChI is InChI=1S/C23H22N8O4/c1-14-27-28-21(35-14)23(2,33)7-5-15-3-4-16-17(13-15)31(18-6-8-25-22(24)26-18)29-19(16)20(32)30-9-11-34-12-10-30/h3-4,6,8,13,33H,9-12H2,1-2H3,(H2,24,25,26). The molecular weight excluding hydrogens is 452 g/mol. The van der Waals surface area contributed by atoms with E-state index in [1.54, 1.807) is 36.1 Å². The molecule has 0 aliphatic carbocycles. The van der Waals surface area contributed by atoms with E-state index < -0.39 is 5.60 Å². The number of hydrogen-bond acceptors (Lipinski definition) is 10. The van der Waals surface area contributed by atoms with Crippen molar-refractivity contribution in [3.63, 3.8) is 0 Å². The summed E-state index contributed by atoms with van der Waals surface area (Å²) < 4.78 is 12.2. The van der Waals surface area contributed by atoms with Crippen molar-refractivity contribution in [2.24, 2.45) is 0 Å². The predicted octanol–water partition coefficient (Wildman–Crippen LogP) is 0.821. The SMILES string of the molecule is Cc1nnc(C(C)(O)C#Cc2ccc3c(C(=O)N4CCOCC4)nn(-c4ccnc(N)n4)c3c2)o1. The van der Waals surface area contributed by atoms with Crippen LogP contribution in [0.3, 0.4) is 0 Å². The minimum Gasteiger partial charge on any atom is -0.421 e. The first-order valence-electron chi connectivity index (χ1n) is 10.9. The van der Waals surface area contributed by atoms with Gasteiger partial charge < -0.3 is 24.9 Å². The first kappa shape index (κ1) is 22.5. The van der Waals surface area contributed by atoms with E-state index in [1.165, 1.54) is 17.8 Å². The zero-order valence-corrected chi connectivity index (χ0v) is 19.1. The summed E-state index contributed by atoms with van der Waals surface area (Å²) in [5.74, 6) is 6.31. The van der Waals surface area contributed by atoms with Crippen molar-refractivity contribution in [2.45, 2.75) is 19.4 Å². The molecule has 1 fully saturated rings. The van der Waals surface area contributed by atoms with Gasteiger partial charge in [-0.2, -0.15) is 10.1 Å². The zero-order chi connectivity index (χ0) is 24.6. The third-order valence-corrected chi connectivity index (χ3v) is 5.45. The molecule has 1 aromatic carbocycles. The Balaban J connectivity index is 1.59. The molecule has 178 valence electrons. The molecule has 4 heterocycles. The van der Waals surface area contributed by atoms with Crippen LogP contribution in [0.1, 0.15) is 34.8 Å².